The fourth-order valence-corrected chi connectivity index (χ4v) is 0.558. The van der Waals surface area contributed by atoms with Crippen LogP contribution in [0.25, 0.3) is 0 Å². The molecule has 0 aromatic carbocycles. The number of ether oxygens (including phenoxy) is 1. The van der Waals surface area contributed by atoms with E-state index in [1.54, 1.807) is 13.8 Å². The minimum Gasteiger partial charge on any atom is -0.479 e. The number of rotatable bonds is 5. The van der Waals surface area contributed by atoms with Crippen molar-refractivity contribution in [1.82, 2.24) is 0 Å². The molecule has 0 spiro atoms. The third kappa shape index (κ3) is 2.72. The Morgan fingerprint density at radius 3 is 2.64 bits per heavy atom. The van der Waals surface area contributed by atoms with Crippen LogP contribution in [0.3, 0.4) is 0 Å². The molecule has 0 aliphatic heterocycles. The van der Waals surface area contributed by atoms with Gasteiger partial charge < -0.3 is 9.84 Å². The average molecular weight is 158 g/mol. The second kappa shape index (κ2) is 4.13. The Hall–Kier alpha value is -0.830. The molecule has 0 radical (unpaired) electrons. The molecule has 0 amide bonds. The SMILES string of the molecule is C=CCOC(C)(CC)C(=O)O. The Balaban J connectivity index is 4.09. The molecule has 0 aromatic heterocycles. The molecule has 0 aliphatic carbocycles. The van der Waals surface area contributed by atoms with Crippen molar-refractivity contribution in [3.05, 3.63) is 12.7 Å². The zero-order valence-corrected chi connectivity index (χ0v) is 6.96. The summed E-state index contributed by atoms with van der Waals surface area (Å²) in [6.07, 6.45) is 1.99. The highest BCUT2D eigenvalue weighted by molar-refractivity contribution is 5.76. The van der Waals surface area contributed by atoms with E-state index in [0.29, 0.717) is 6.42 Å². The number of hydrogen-bond acceptors (Lipinski definition) is 2. The van der Waals surface area contributed by atoms with E-state index in [4.69, 9.17) is 9.84 Å². The van der Waals surface area contributed by atoms with Gasteiger partial charge in [0.05, 0.1) is 6.61 Å². The van der Waals surface area contributed by atoms with Crippen LogP contribution in [0, 0.1) is 0 Å². The van der Waals surface area contributed by atoms with Gasteiger partial charge in [0.15, 0.2) is 5.60 Å². The molecule has 11 heavy (non-hydrogen) atoms. The lowest BCUT2D eigenvalue weighted by atomic mass is 10.0. The molecule has 0 fully saturated rings. The van der Waals surface area contributed by atoms with Crippen molar-refractivity contribution in [1.29, 1.82) is 0 Å². The summed E-state index contributed by atoms with van der Waals surface area (Å²) >= 11 is 0. The van der Waals surface area contributed by atoms with Crippen LogP contribution in [0.2, 0.25) is 0 Å². The molecule has 1 N–H and O–H groups in total. The van der Waals surface area contributed by atoms with Crippen LogP contribution >= 0.6 is 0 Å². The summed E-state index contributed by atoms with van der Waals surface area (Å²) in [5, 5.41) is 8.70. The van der Waals surface area contributed by atoms with Crippen LogP contribution in [0.1, 0.15) is 20.3 Å². The first-order valence-electron chi connectivity index (χ1n) is 3.55. The highest BCUT2D eigenvalue weighted by Crippen LogP contribution is 2.14. The average Bonchev–Trinajstić information content (AvgIpc) is 2.00. The molecular weight excluding hydrogens is 144 g/mol. The molecule has 1 atom stereocenters. The van der Waals surface area contributed by atoms with Gasteiger partial charge in [-0.15, -0.1) is 6.58 Å². The van der Waals surface area contributed by atoms with E-state index in [1.165, 1.54) is 6.08 Å². The van der Waals surface area contributed by atoms with Gasteiger partial charge in [-0.05, 0) is 13.3 Å². The fourth-order valence-electron chi connectivity index (χ4n) is 0.558. The second-order valence-electron chi connectivity index (χ2n) is 2.49. The van der Waals surface area contributed by atoms with Gasteiger partial charge in [-0.1, -0.05) is 13.0 Å². The smallest absolute Gasteiger partial charge is 0.335 e. The van der Waals surface area contributed by atoms with Crippen molar-refractivity contribution >= 4 is 5.97 Å². The summed E-state index contributed by atoms with van der Waals surface area (Å²) in [6.45, 7) is 7.04. The van der Waals surface area contributed by atoms with Gasteiger partial charge in [-0.25, -0.2) is 4.79 Å². The van der Waals surface area contributed by atoms with E-state index in [0.717, 1.165) is 0 Å². The molecule has 0 rings (SSSR count). The summed E-state index contributed by atoms with van der Waals surface area (Å²) in [6, 6.07) is 0. The van der Waals surface area contributed by atoms with Crippen molar-refractivity contribution in [3.8, 4) is 0 Å². The zero-order chi connectivity index (χ0) is 8.91. The Morgan fingerprint density at radius 1 is 1.82 bits per heavy atom. The normalized spacial score (nSPS) is 15.5. The van der Waals surface area contributed by atoms with E-state index in [-0.39, 0.29) is 6.61 Å². The predicted octanol–water partition coefficient (Wildman–Crippen LogP) is 1.44. The summed E-state index contributed by atoms with van der Waals surface area (Å²) < 4.78 is 5.07. The lowest BCUT2D eigenvalue weighted by molar-refractivity contribution is -0.162. The molecule has 0 saturated carbocycles. The van der Waals surface area contributed by atoms with Crippen molar-refractivity contribution in [2.75, 3.05) is 6.61 Å². The van der Waals surface area contributed by atoms with Crippen LogP contribution in [0.5, 0.6) is 0 Å². The zero-order valence-electron chi connectivity index (χ0n) is 6.96. The molecule has 1 unspecified atom stereocenters. The van der Waals surface area contributed by atoms with Crippen LogP contribution in [-0.2, 0) is 9.53 Å². The highest BCUT2D eigenvalue weighted by Gasteiger charge is 2.31. The van der Waals surface area contributed by atoms with Crippen molar-refractivity contribution in [2.24, 2.45) is 0 Å². The summed E-state index contributed by atoms with van der Waals surface area (Å²) in [5.41, 5.74) is -1.06. The lowest BCUT2D eigenvalue weighted by Gasteiger charge is -2.22. The van der Waals surface area contributed by atoms with Crippen molar-refractivity contribution in [2.45, 2.75) is 25.9 Å². The highest BCUT2D eigenvalue weighted by atomic mass is 16.5. The van der Waals surface area contributed by atoms with Crippen LogP contribution in [0.4, 0.5) is 0 Å². The standard InChI is InChI=1S/C8H14O3/c1-4-6-11-8(3,5-2)7(9)10/h4H,1,5-6H2,2-3H3,(H,9,10). The number of carboxylic acids is 1. The summed E-state index contributed by atoms with van der Waals surface area (Å²) in [5.74, 6) is -0.929. The maximum atomic E-state index is 10.6. The van der Waals surface area contributed by atoms with Gasteiger partial charge >= 0.3 is 5.97 Å². The minimum absolute atomic E-state index is 0.274. The molecule has 0 aromatic rings. The second-order valence-corrected chi connectivity index (χ2v) is 2.49. The Labute approximate surface area is 66.7 Å². The van der Waals surface area contributed by atoms with Crippen molar-refractivity contribution < 1.29 is 14.6 Å². The number of hydrogen-bond donors (Lipinski definition) is 1. The first-order chi connectivity index (χ1) is 5.06. The maximum Gasteiger partial charge on any atom is 0.335 e. The third-order valence-corrected chi connectivity index (χ3v) is 1.65. The van der Waals surface area contributed by atoms with Crippen LogP contribution in [0.15, 0.2) is 12.7 Å². The minimum atomic E-state index is -1.06. The molecule has 0 saturated heterocycles. The molecule has 3 nitrogen and oxygen atoms in total. The maximum absolute atomic E-state index is 10.6. The quantitative estimate of drug-likeness (QED) is 0.616. The van der Waals surface area contributed by atoms with E-state index < -0.39 is 11.6 Å². The molecule has 0 aliphatic rings. The van der Waals surface area contributed by atoms with Crippen LogP contribution < -0.4 is 0 Å². The number of aliphatic carboxylic acids is 1. The van der Waals surface area contributed by atoms with Gasteiger partial charge in [0.1, 0.15) is 0 Å². The van der Waals surface area contributed by atoms with Gasteiger partial charge in [0.2, 0.25) is 0 Å². The topological polar surface area (TPSA) is 46.5 Å². The van der Waals surface area contributed by atoms with Crippen LogP contribution in [-0.4, -0.2) is 23.3 Å². The monoisotopic (exact) mass is 158 g/mol. The first kappa shape index (κ1) is 10.2. The molecule has 64 valence electrons. The molecule has 3 heteroatoms. The third-order valence-electron chi connectivity index (χ3n) is 1.65. The Morgan fingerprint density at radius 2 is 2.36 bits per heavy atom. The molecule has 0 bridgehead atoms. The van der Waals surface area contributed by atoms with Gasteiger partial charge in [-0.2, -0.15) is 0 Å². The largest absolute Gasteiger partial charge is 0.479 e. The summed E-state index contributed by atoms with van der Waals surface area (Å²) in [4.78, 5) is 10.6. The van der Waals surface area contributed by atoms with Gasteiger partial charge in [-0.3, -0.25) is 0 Å². The van der Waals surface area contributed by atoms with Crippen molar-refractivity contribution in [3.63, 3.8) is 0 Å². The van der Waals surface area contributed by atoms with E-state index >= 15 is 0 Å². The number of carbonyl (C=O) groups is 1. The van der Waals surface area contributed by atoms with Gasteiger partial charge in [0.25, 0.3) is 0 Å². The van der Waals surface area contributed by atoms with E-state index in [9.17, 15) is 4.79 Å². The molecule has 0 heterocycles. The first-order valence-corrected chi connectivity index (χ1v) is 3.55. The molecular formula is C8H14O3. The Kier molecular flexibility index (Phi) is 3.82. The van der Waals surface area contributed by atoms with E-state index in [2.05, 4.69) is 6.58 Å². The Bertz CT molecular complexity index is 153. The number of carboxylic acid groups (broad SMARTS) is 1. The van der Waals surface area contributed by atoms with E-state index in [1.807, 2.05) is 0 Å². The lowest BCUT2D eigenvalue weighted by Crippen LogP contribution is -2.37. The summed E-state index contributed by atoms with van der Waals surface area (Å²) in [7, 11) is 0. The predicted molar refractivity (Wildman–Crippen MR) is 42.5 cm³/mol. The fraction of sp³-hybridized carbons (Fsp3) is 0.625. The van der Waals surface area contributed by atoms with Gasteiger partial charge in [0, 0.05) is 0 Å².